The van der Waals surface area contributed by atoms with Crippen LogP contribution in [-0.4, -0.2) is 37.3 Å². The van der Waals surface area contributed by atoms with E-state index in [1.165, 1.54) is 4.57 Å². The highest BCUT2D eigenvalue weighted by Crippen LogP contribution is 2.10. The third-order valence-corrected chi connectivity index (χ3v) is 4.00. The number of ether oxygens (including phenoxy) is 1. The number of rotatable bonds is 7. The van der Waals surface area contributed by atoms with Gasteiger partial charge in [0.05, 0.1) is 0 Å². The van der Waals surface area contributed by atoms with E-state index in [0.717, 1.165) is 23.8 Å². The van der Waals surface area contributed by atoms with Crippen LogP contribution in [0.5, 0.6) is 0 Å². The van der Waals surface area contributed by atoms with E-state index < -0.39 is 22.9 Å². The zero-order chi connectivity index (χ0) is 20.2. The Morgan fingerprint density at radius 2 is 1.93 bits per heavy atom. The van der Waals surface area contributed by atoms with Crippen LogP contribution >= 0.6 is 11.6 Å². The number of nitrogens with one attached hydrogen (secondary N) is 2. The number of alkyl carbamates (subject to hydrolysis) is 1. The first-order valence-corrected chi connectivity index (χ1v) is 9.37. The predicted octanol–water partition coefficient (Wildman–Crippen LogP) is 2.25. The van der Waals surface area contributed by atoms with Gasteiger partial charge >= 0.3 is 11.8 Å². The topological polar surface area (TPSA) is 111 Å². The van der Waals surface area contributed by atoms with Gasteiger partial charge in [0.15, 0.2) is 11.2 Å². The second kappa shape index (κ2) is 8.60. The Bertz CT molecular complexity index is 922. The smallest absolute Gasteiger partial charge is 0.407 e. The Morgan fingerprint density at radius 3 is 2.56 bits per heavy atom. The van der Waals surface area contributed by atoms with Crippen molar-refractivity contribution in [3.8, 4) is 0 Å². The van der Waals surface area contributed by atoms with Crippen molar-refractivity contribution in [1.29, 1.82) is 0 Å². The average Bonchev–Trinajstić information content (AvgIpc) is 2.94. The lowest BCUT2D eigenvalue weighted by Crippen LogP contribution is -2.43. The highest BCUT2D eigenvalue weighted by atomic mass is 35.5. The van der Waals surface area contributed by atoms with Crippen LogP contribution in [0.4, 0.5) is 4.79 Å². The number of aryl methyl sites for hydroxylation is 1. The van der Waals surface area contributed by atoms with Crippen molar-refractivity contribution in [1.82, 2.24) is 24.4 Å². The van der Waals surface area contributed by atoms with Gasteiger partial charge in [0.25, 0.3) is 5.56 Å². The molecule has 2 aromatic rings. The molecule has 0 saturated heterocycles. The molecule has 0 spiro atoms. The van der Waals surface area contributed by atoms with Gasteiger partial charge in [0, 0.05) is 19.6 Å². The number of imidazole rings is 1. The summed E-state index contributed by atoms with van der Waals surface area (Å²) in [5.74, 6) is 0. The summed E-state index contributed by atoms with van der Waals surface area (Å²) in [7, 11) is 0. The lowest BCUT2D eigenvalue weighted by Gasteiger charge is -2.19. The quantitative estimate of drug-likeness (QED) is 0.548. The largest absolute Gasteiger partial charge is 0.444 e. The van der Waals surface area contributed by atoms with E-state index in [1.807, 2.05) is 0 Å². The number of amides is 1. The number of carbonyl (C=O) groups is 1. The maximum absolute atomic E-state index is 12.8. The molecule has 9 nitrogen and oxygen atoms in total. The number of hydrogen-bond donors (Lipinski definition) is 2. The lowest BCUT2D eigenvalue weighted by atomic mass is 10.2. The molecule has 0 saturated carbocycles. The van der Waals surface area contributed by atoms with Crippen LogP contribution in [0.15, 0.2) is 9.59 Å². The lowest BCUT2D eigenvalue weighted by molar-refractivity contribution is 0.0525. The van der Waals surface area contributed by atoms with E-state index in [4.69, 9.17) is 16.3 Å². The van der Waals surface area contributed by atoms with Crippen LogP contribution in [-0.2, 0) is 17.8 Å². The summed E-state index contributed by atoms with van der Waals surface area (Å²) in [4.78, 5) is 43.9. The van der Waals surface area contributed by atoms with Crippen molar-refractivity contribution in [3.05, 3.63) is 26.1 Å². The number of carbonyl (C=O) groups excluding carboxylic acids is 1. The summed E-state index contributed by atoms with van der Waals surface area (Å²) < 4.78 is 7.66. The van der Waals surface area contributed by atoms with E-state index in [1.54, 1.807) is 20.8 Å². The minimum absolute atomic E-state index is 0.0112. The first-order chi connectivity index (χ1) is 12.6. The average molecular weight is 400 g/mol. The minimum atomic E-state index is -0.626. The van der Waals surface area contributed by atoms with E-state index in [-0.39, 0.29) is 29.5 Å². The molecule has 2 rings (SSSR count). The maximum Gasteiger partial charge on any atom is 0.407 e. The summed E-state index contributed by atoms with van der Waals surface area (Å²) in [5.41, 5.74) is -1.20. The first kappa shape index (κ1) is 21.0. The summed E-state index contributed by atoms with van der Waals surface area (Å²) >= 11 is 5.90. The number of hydrogen-bond acceptors (Lipinski definition) is 5. The molecule has 2 N–H and O–H groups in total. The van der Waals surface area contributed by atoms with Gasteiger partial charge in [-0.2, -0.15) is 4.98 Å². The number of aromatic nitrogens is 4. The van der Waals surface area contributed by atoms with Crippen molar-refractivity contribution in [2.75, 3.05) is 6.54 Å². The van der Waals surface area contributed by atoms with Crippen LogP contribution < -0.4 is 16.6 Å². The number of aromatic amines is 1. The molecule has 0 aromatic carbocycles. The van der Waals surface area contributed by atoms with Gasteiger partial charge in [-0.25, -0.2) is 9.59 Å². The van der Waals surface area contributed by atoms with Crippen molar-refractivity contribution in [2.24, 2.45) is 0 Å². The first-order valence-electron chi connectivity index (χ1n) is 8.99. The number of halogens is 1. The molecule has 27 heavy (non-hydrogen) atoms. The number of unbranched alkanes of at least 4 members (excludes halogenated alkanes) is 2. The Labute approximate surface area is 161 Å². The zero-order valence-corrected chi connectivity index (χ0v) is 16.9. The van der Waals surface area contributed by atoms with Gasteiger partial charge in [0.2, 0.25) is 5.28 Å². The Balaban J connectivity index is 2.26. The van der Waals surface area contributed by atoms with Crippen molar-refractivity contribution in [2.45, 2.75) is 65.6 Å². The van der Waals surface area contributed by atoms with Gasteiger partial charge in [-0.05, 0) is 38.8 Å². The fourth-order valence-corrected chi connectivity index (χ4v) is 2.82. The van der Waals surface area contributed by atoms with E-state index in [9.17, 15) is 14.4 Å². The molecule has 1 amide bonds. The van der Waals surface area contributed by atoms with Crippen LogP contribution in [0.25, 0.3) is 11.2 Å². The number of H-pyrrole nitrogens is 1. The molecule has 0 aliphatic heterocycles. The Kier molecular flexibility index (Phi) is 6.69. The summed E-state index contributed by atoms with van der Waals surface area (Å²) in [6, 6.07) is 0. The fourth-order valence-electron chi connectivity index (χ4n) is 2.64. The highest BCUT2D eigenvalue weighted by Gasteiger charge is 2.18. The monoisotopic (exact) mass is 399 g/mol. The predicted molar refractivity (Wildman–Crippen MR) is 103 cm³/mol. The summed E-state index contributed by atoms with van der Waals surface area (Å²) in [6.45, 7) is 7.84. The van der Waals surface area contributed by atoms with E-state index in [0.29, 0.717) is 6.54 Å². The SMILES string of the molecule is CCCCCn1c(=O)n(CCNC(=O)OC(C)(C)C)c(=O)c2[nH]c(Cl)nc21. The van der Waals surface area contributed by atoms with Gasteiger partial charge in [-0.15, -0.1) is 0 Å². The minimum Gasteiger partial charge on any atom is -0.444 e. The van der Waals surface area contributed by atoms with Crippen LogP contribution in [0.2, 0.25) is 5.28 Å². The normalized spacial score (nSPS) is 11.7. The molecule has 10 heteroatoms. The second-order valence-corrected chi connectivity index (χ2v) is 7.61. The summed E-state index contributed by atoms with van der Waals surface area (Å²) in [5, 5.41) is 2.60. The molecule has 2 heterocycles. The Hall–Kier alpha value is -2.29. The second-order valence-electron chi connectivity index (χ2n) is 7.25. The van der Waals surface area contributed by atoms with E-state index >= 15 is 0 Å². The van der Waals surface area contributed by atoms with E-state index in [2.05, 4.69) is 22.2 Å². The molecular formula is C17H26ClN5O4. The molecule has 0 radical (unpaired) electrons. The van der Waals surface area contributed by atoms with Crippen molar-refractivity contribution in [3.63, 3.8) is 0 Å². The molecule has 0 aliphatic rings. The van der Waals surface area contributed by atoms with Gasteiger partial charge in [0.1, 0.15) is 5.60 Å². The van der Waals surface area contributed by atoms with Gasteiger partial charge < -0.3 is 15.0 Å². The molecule has 0 bridgehead atoms. The standard InChI is InChI=1S/C17H26ClN5O4/c1-5-6-7-9-22-12-11(20-14(18)21-12)13(24)23(16(22)26)10-8-19-15(25)27-17(2,3)4/h5-10H2,1-4H3,(H,19,25)(H,20,21). The molecule has 0 atom stereocenters. The molecule has 0 fully saturated rings. The molecule has 0 unspecified atom stereocenters. The Morgan fingerprint density at radius 1 is 1.22 bits per heavy atom. The third kappa shape index (κ3) is 5.35. The fraction of sp³-hybridized carbons (Fsp3) is 0.647. The van der Waals surface area contributed by atoms with Gasteiger partial charge in [-0.1, -0.05) is 19.8 Å². The maximum atomic E-state index is 12.8. The van der Waals surface area contributed by atoms with Crippen LogP contribution in [0.3, 0.4) is 0 Å². The van der Waals surface area contributed by atoms with Crippen LogP contribution in [0.1, 0.15) is 47.0 Å². The highest BCUT2D eigenvalue weighted by molar-refractivity contribution is 6.28. The third-order valence-electron chi connectivity index (χ3n) is 3.82. The summed E-state index contributed by atoms with van der Waals surface area (Å²) in [6.07, 6.45) is 2.12. The van der Waals surface area contributed by atoms with Crippen LogP contribution in [0, 0.1) is 0 Å². The van der Waals surface area contributed by atoms with Gasteiger partial charge in [-0.3, -0.25) is 13.9 Å². The molecule has 150 valence electrons. The molecule has 2 aromatic heterocycles. The molecular weight excluding hydrogens is 374 g/mol. The van der Waals surface area contributed by atoms with Crippen molar-refractivity contribution >= 4 is 28.9 Å². The number of fused-ring (bicyclic) bond motifs is 1. The zero-order valence-electron chi connectivity index (χ0n) is 16.1. The number of nitrogens with zero attached hydrogens (tertiary/aromatic N) is 3. The molecule has 0 aliphatic carbocycles. The van der Waals surface area contributed by atoms with Crippen molar-refractivity contribution < 1.29 is 9.53 Å².